The van der Waals surface area contributed by atoms with Crippen LogP contribution in [-0.2, 0) is 0 Å². The molecule has 4 heteroatoms. The summed E-state index contributed by atoms with van der Waals surface area (Å²) >= 11 is 16.6. The van der Waals surface area contributed by atoms with Gasteiger partial charge in [0.25, 0.3) is 0 Å². The minimum atomic E-state index is 0.280. The first-order valence-corrected chi connectivity index (χ1v) is 5.40. The number of thiocarbonyl (C=S) groups is 1. The highest BCUT2D eigenvalue weighted by atomic mass is 35.5. The molecule has 0 amide bonds. The van der Waals surface area contributed by atoms with Crippen molar-refractivity contribution in [3.05, 3.63) is 33.8 Å². The predicted molar refractivity (Wildman–Crippen MR) is 66.3 cm³/mol. The number of hydrogen-bond donors (Lipinski definition) is 1. The van der Waals surface area contributed by atoms with Gasteiger partial charge in [-0.3, -0.25) is 0 Å². The Labute approximate surface area is 99.2 Å². The molecule has 0 fully saturated rings. The van der Waals surface area contributed by atoms with Gasteiger partial charge >= 0.3 is 0 Å². The third-order valence-electron chi connectivity index (χ3n) is 2.02. The maximum atomic E-state index is 5.90. The Morgan fingerprint density at radius 2 is 2.07 bits per heavy atom. The Morgan fingerprint density at radius 1 is 1.43 bits per heavy atom. The highest BCUT2D eigenvalue weighted by molar-refractivity contribution is 7.80. The van der Waals surface area contributed by atoms with Crippen LogP contribution >= 0.6 is 35.4 Å². The monoisotopic (exact) mass is 247 g/mol. The molecule has 1 aromatic rings. The van der Waals surface area contributed by atoms with E-state index in [2.05, 4.69) is 6.92 Å². The third kappa shape index (κ3) is 3.12. The summed E-state index contributed by atoms with van der Waals surface area (Å²) in [6, 6.07) is 5.58. The van der Waals surface area contributed by atoms with Crippen molar-refractivity contribution in [1.29, 1.82) is 0 Å². The molecular formula is C10H11Cl2NS. The summed E-state index contributed by atoms with van der Waals surface area (Å²) in [5.41, 5.74) is 6.57. The van der Waals surface area contributed by atoms with E-state index in [1.165, 1.54) is 0 Å². The summed E-state index contributed by atoms with van der Waals surface area (Å²) in [4.78, 5) is 0.517. The van der Waals surface area contributed by atoms with E-state index in [-0.39, 0.29) is 5.92 Å². The fourth-order valence-electron chi connectivity index (χ4n) is 1.24. The van der Waals surface area contributed by atoms with Crippen molar-refractivity contribution >= 4 is 40.4 Å². The molecule has 0 aromatic heterocycles. The SMILES string of the molecule is CC(CC(N)=S)c1ccc(Cl)c(Cl)c1. The Balaban J connectivity index is 2.85. The molecule has 76 valence electrons. The average molecular weight is 248 g/mol. The zero-order valence-electron chi connectivity index (χ0n) is 7.76. The van der Waals surface area contributed by atoms with Crippen molar-refractivity contribution in [3.63, 3.8) is 0 Å². The molecule has 0 aliphatic heterocycles. The molecule has 1 unspecified atom stereocenters. The normalized spacial score (nSPS) is 12.5. The molecule has 1 aromatic carbocycles. The zero-order chi connectivity index (χ0) is 10.7. The second-order valence-corrected chi connectivity index (χ2v) is 4.58. The number of hydrogen-bond acceptors (Lipinski definition) is 1. The van der Waals surface area contributed by atoms with Gasteiger partial charge < -0.3 is 5.73 Å². The van der Waals surface area contributed by atoms with Gasteiger partial charge in [-0.15, -0.1) is 0 Å². The fourth-order valence-corrected chi connectivity index (χ4v) is 1.80. The van der Waals surface area contributed by atoms with E-state index in [9.17, 15) is 0 Å². The van der Waals surface area contributed by atoms with Crippen molar-refractivity contribution in [3.8, 4) is 0 Å². The Hall–Kier alpha value is -0.310. The van der Waals surface area contributed by atoms with Gasteiger partial charge in [0.05, 0.1) is 15.0 Å². The molecule has 0 saturated heterocycles. The van der Waals surface area contributed by atoms with Gasteiger partial charge in [-0.2, -0.15) is 0 Å². The van der Waals surface area contributed by atoms with E-state index in [1.54, 1.807) is 6.07 Å². The molecule has 0 aliphatic carbocycles. The van der Waals surface area contributed by atoms with Crippen LogP contribution in [0.25, 0.3) is 0 Å². The Morgan fingerprint density at radius 3 is 2.57 bits per heavy atom. The molecule has 1 atom stereocenters. The second-order valence-electron chi connectivity index (χ2n) is 3.25. The highest BCUT2D eigenvalue weighted by Crippen LogP contribution is 2.27. The first-order chi connectivity index (χ1) is 6.50. The van der Waals surface area contributed by atoms with Crippen LogP contribution in [0.15, 0.2) is 18.2 Å². The number of benzene rings is 1. The van der Waals surface area contributed by atoms with Crippen molar-refractivity contribution in [1.82, 2.24) is 0 Å². The van der Waals surface area contributed by atoms with Crippen molar-refractivity contribution in [2.75, 3.05) is 0 Å². The van der Waals surface area contributed by atoms with Crippen LogP contribution in [0, 0.1) is 0 Å². The van der Waals surface area contributed by atoms with Gasteiger partial charge in [0, 0.05) is 6.42 Å². The quantitative estimate of drug-likeness (QED) is 0.824. The predicted octanol–water partition coefficient (Wildman–Crippen LogP) is 3.77. The van der Waals surface area contributed by atoms with E-state index in [0.717, 1.165) is 5.56 Å². The summed E-state index contributed by atoms with van der Waals surface area (Å²) in [6.45, 7) is 2.05. The maximum absolute atomic E-state index is 5.90. The number of rotatable bonds is 3. The Bertz CT molecular complexity index is 352. The standard InChI is InChI=1S/C10H11Cl2NS/c1-6(4-10(13)14)7-2-3-8(11)9(12)5-7/h2-3,5-6H,4H2,1H3,(H2,13,14). The summed E-state index contributed by atoms with van der Waals surface area (Å²) < 4.78 is 0. The molecule has 14 heavy (non-hydrogen) atoms. The Kier molecular flexibility index (Phi) is 4.17. The largest absolute Gasteiger partial charge is 0.393 e. The smallest absolute Gasteiger partial charge is 0.0733 e. The van der Waals surface area contributed by atoms with Gasteiger partial charge in [-0.25, -0.2) is 0 Å². The lowest BCUT2D eigenvalue weighted by atomic mass is 9.98. The van der Waals surface area contributed by atoms with Crippen LogP contribution < -0.4 is 5.73 Å². The van der Waals surface area contributed by atoms with Crippen molar-refractivity contribution in [2.45, 2.75) is 19.3 Å². The van der Waals surface area contributed by atoms with Crippen LogP contribution in [-0.4, -0.2) is 4.99 Å². The molecule has 0 radical (unpaired) electrons. The van der Waals surface area contributed by atoms with Gasteiger partial charge in [0.2, 0.25) is 0 Å². The average Bonchev–Trinajstić information content (AvgIpc) is 2.08. The molecule has 1 rings (SSSR count). The topological polar surface area (TPSA) is 26.0 Å². The molecule has 0 heterocycles. The zero-order valence-corrected chi connectivity index (χ0v) is 10.1. The van der Waals surface area contributed by atoms with E-state index >= 15 is 0 Å². The van der Waals surface area contributed by atoms with Gasteiger partial charge in [-0.1, -0.05) is 48.4 Å². The molecule has 0 saturated carbocycles. The lowest BCUT2D eigenvalue weighted by molar-refractivity contribution is 0.807. The molecule has 0 spiro atoms. The van der Waals surface area contributed by atoms with Crippen LogP contribution in [0.2, 0.25) is 10.0 Å². The van der Waals surface area contributed by atoms with Gasteiger partial charge in [0.15, 0.2) is 0 Å². The summed E-state index contributed by atoms with van der Waals surface area (Å²) in [7, 11) is 0. The highest BCUT2D eigenvalue weighted by Gasteiger charge is 2.08. The van der Waals surface area contributed by atoms with E-state index < -0.39 is 0 Å². The molecule has 0 bridgehead atoms. The van der Waals surface area contributed by atoms with E-state index in [0.29, 0.717) is 21.5 Å². The molecular weight excluding hydrogens is 237 g/mol. The van der Waals surface area contributed by atoms with Crippen molar-refractivity contribution in [2.24, 2.45) is 5.73 Å². The van der Waals surface area contributed by atoms with Crippen LogP contribution in [0.5, 0.6) is 0 Å². The summed E-state index contributed by atoms with van der Waals surface area (Å²) in [6.07, 6.45) is 0.688. The van der Waals surface area contributed by atoms with Crippen LogP contribution in [0.3, 0.4) is 0 Å². The lowest BCUT2D eigenvalue weighted by Gasteiger charge is -2.11. The number of nitrogens with two attached hydrogens (primary N) is 1. The molecule has 0 aliphatic rings. The maximum Gasteiger partial charge on any atom is 0.0733 e. The summed E-state index contributed by atoms with van der Waals surface area (Å²) in [5.74, 6) is 0.280. The van der Waals surface area contributed by atoms with Gasteiger partial charge in [-0.05, 0) is 23.6 Å². The van der Waals surface area contributed by atoms with E-state index in [4.69, 9.17) is 41.2 Å². The van der Waals surface area contributed by atoms with Crippen LogP contribution in [0.4, 0.5) is 0 Å². The minimum absolute atomic E-state index is 0.280. The fraction of sp³-hybridized carbons (Fsp3) is 0.300. The minimum Gasteiger partial charge on any atom is -0.393 e. The lowest BCUT2D eigenvalue weighted by Crippen LogP contribution is -2.11. The molecule has 2 N–H and O–H groups in total. The van der Waals surface area contributed by atoms with Crippen molar-refractivity contribution < 1.29 is 0 Å². The van der Waals surface area contributed by atoms with Gasteiger partial charge in [0.1, 0.15) is 0 Å². The molecule has 1 nitrogen and oxygen atoms in total. The number of halogens is 2. The van der Waals surface area contributed by atoms with Crippen LogP contribution in [0.1, 0.15) is 24.8 Å². The third-order valence-corrected chi connectivity index (χ3v) is 2.93. The first kappa shape index (κ1) is 11.8. The second kappa shape index (κ2) is 4.96. The van der Waals surface area contributed by atoms with E-state index in [1.807, 2.05) is 12.1 Å². The first-order valence-electron chi connectivity index (χ1n) is 4.24. The summed E-state index contributed by atoms with van der Waals surface area (Å²) in [5, 5.41) is 1.14.